The zero-order chi connectivity index (χ0) is 15.2. The number of benzene rings is 1. The lowest BCUT2D eigenvalue weighted by atomic mass is 9.77. The third-order valence-corrected chi connectivity index (χ3v) is 6.64. The van der Waals surface area contributed by atoms with Crippen LogP contribution in [0.15, 0.2) is 29.2 Å². The van der Waals surface area contributed by atoms with E-state index >= 15 is 0 Å². The lowest BCUT2D eigenvalue weighted by molar-refractivity contribution is -0.137. The molecular weight excluding hydrogens is 289 g/mol. The minimum Gasteiger partial charge on any atom is -0.223 e. The molecule has 0 N–H and O–H groups in total. The summed E-state index contributed by atoms with van der Waals surface area (Å²) in [7, 11) is -3.80. The van der Waals surface area contributed by atoms with Gasteiger partial charge in [0.15, 0.2) is 9.84 Å². The highest BCUT2D eigenvalue weighted by atomic mass is 32.2. The molecule has 0 aromatic heterocycles. The molecule has 0 unspecified atom stereocenters. The molecule has 1 aromatic rings. The summed E-state index contributed by atoms with van der Waals surface area (Å²) < 4.78 is 62.2. The average Bonchev–Trinajstić information content (AvgIpc) is 2.24. The molecular formula is C14H16F3O2S. The second kappa shape index (κ2) is 4.76. The standard InChI is InChI=1S/C14H16F3O2S/c1-13(2,10-5-3-6-10)20(18,19)12-8-4-7-11(9-12)14(15,16)17/h3-4,7-10H,5-6H2,1-2H3. The third kappa shape index (κ3) is 2.45. The molecule has 111 valence electrons. The van der Waals surface area contributed by atoms with Gasteiger partial charge in [0.1, 0.15) is 0 Å². The predicted octanol–water partition coefficient (Wildman–Crippen LogP) is 3.87. The van der Waals surface area contributed by atoms with Crippen LogP contribution in [0.1, 0.15) is 32.3 Å². The Balaban J connectivity index is 2.44. The Bertz CT molecular complexity index is 599. The maximum absolute atomic E-state index is 12.7. The molecule has 2 rings (SSSR count). The Kier molecular flexibility index (Phi) is 3.65. The van der Waals surface area contributed by atoms with Gasteiger partial charge in [-0.15, -0.1) is 0 Å². The highest BCUT2D eigenvalue weighted by Gasteiger charge is 2.45. The van der Waals surface area contributed by atoms with Gasteiger partial charge in [-0.25, -0.2) is 8.42 Å². The van der Waals surface area contributed by atoms with Crippen molar-refractivity contribution in [2.24, 2.45) is 5.92 Å². The molecule has 0 spiro atoms. The molecule has 20 heavy (non-hydrogen) atoms. The van der Waals surface area contributed by atoms with Crippen LogP contribution < -0.4 is 0 Å². The summed E-state index contributed by atoms with van der Waals surface area (Å²) in [4.78, 5) is -0.260. The van der Waals surface area contributed by atoms with Crippen LogP contribution in [-0.4, -0.2) is 13.2 Å². The van der Waals surface area contributed by atoms with E-state index in [-0.39, 0.29) is 10.8 Å². The van der Waals surface area contributed by atoms with Crippen LogP contribution in [0.5, 0.6) is 0 Å². The van der Waals surface area contributed by atoms with Gasteiger partial charge in [0, 0.05) is 0 Å². The molecule has 0 bridgehead atoms. The van der Waals surface area contributed by atoms with E-state index in [0.29, 0.717) is 12.8 Å². The van der Waals surface area contributed by atoms with Gasteiger partial charge in [-0.2, -0.15) is 13.2 Å². The van der Waals surface area contributed by atoms with Crippen LogP contribution >= 0.6 is 0 Å². The largest absolute Gasteiger partial charge is 0.416 e. The molecule has 1 saturated carbocycles. The Hall–Kier alpha value is -1.04. The fraction of sp³-hybridized carbons (Fsp3) is 0.500. The first-order chi connectivity index (χ1) is 9.07. The third-order valence-electron chi connectivity index (χ3n) is 4.05. The smallest absolute Gasteiger partial charge is 0.223 e. The molecule has 0 atom stereocenters. The molecule has 1 radical (unpaired) electrons. The molecule has 1 aromatic carbocycles. The molecule has 6 heteroatoms. The monoisotopic (exact) mass is 305 g/mol. The summed E-state index contributed by atoms with van der Waals surface area (Å²) in [6.45, 7) is 3.17. The molecule has 0 amide bonds. The van der Waals surface area contributed by atoms with E-state index in [2.05, 4.69) is 0 Å². The van der Waals surface area contributed by atoms with Gasteiger partial charge >= 0.3 is 6.18 Å². The van der Waals surface area contributed by atoms with Crippen LogP contribution in [0.2, 0.25) is 0 Å². The first kappa shape index (κ1) is 15.4. The van der Waals surface area contributed by atoms with Crippen LogP contribution in [0.4, 0.5) is 13.2 Å². The minimum absolute atomic E-state index is 0.0398. The van der Waals surface area contributed by atoms with Crippen molar-refractivity contribution in [3.05, 3.63) is 36.2 Å². The molecule has 0 aliphatic heterocycles. The summed E-state index contributed by atoms with van der Waals surface area (Å²) in [5.41, 5.74) is -0.936. The van der Waals surface area contributed by atoms with E-state index in [0.717, 1.165) is 18.2 Å². The van der Waals surface area contributed by atoms with Crippen molar-refractivity contribution in [3.8, 4) is 0 Å². The Morgan fingerprint density at radius 3 is 2.20 bits per heavy atom. The van der Waals surface area contributed by atoms with Gasteiger partial charge in [-0.3, -0.25) is 0 Å². The molecule has 0 heterocycles. The normalized spacial score (nSPS) is 17.9. The summed E-state index contributed by atoms with van der Waals surface area (Å²) in [5, 5.41) is 0. The van der Waals surface area contributed by atoms with E-state index in [1.165, 1.54) is 6.07 Å². The zero-order valence-corrected chi connectivity index (χ0v) is 12.1. The first-order valence-electron chi connectivity index (χ1n) is 6.30. The molecule has 1 fully saturated rings. The minimum atomic E-state index is -4.54. The van der Waals surface area contributed by atoms with Gasteiger partial charge in [0.05, 0.1) is 15.2 Å². The number of hydrogen-bond donors (Lipinski definition) is 0. The van der Waals surface area contributed by atoms with Crippen molar-refractivity contribution in [1.29, 1.82) is 0 Å². The van der Waals surface area contributed by atoms with E-state index in [9.17, 15) is 21.6 Å². The average molecular weight is 305 g/mol. The van der Waals surface area contributed by atoms with Gasteiger partial charge < -0.3 is 0 Å². The maximum Gasteiger partial charge on any atom is 0.416 e. The van der Waals surface area contributed by atoms with E-state index in [1.54, 1.807) is 13.8 Å². The van der Waals surface area contributed by atoms with Crippen molar-refractivity contribution in [2.45, 2.75) is 42.5 Å². The lowest BCUT2D eigenvalue weighted by Crippen LogP contribution is -2.43. The van der Waals surface area contributed by atoms with Gasteiger partial charge in [-0.1, -0.05) is 6.07 Å². The second-order valence-corrected chi connectivity index (χ2v) is 8.12. The quantitative estimate of drug-likeness (QED) is 0.849. The van der Waals surface area contributed by atoms with E-state index in [4.69, 9.17) is 0 Å². The number of halogens is 3. The van der Waals surface area contributed by atoms with Crippen molar-refractivity contribution in [3.63, 3.8) is 0 Å². The maximum atomic E-state index is 12.7. The van der Waals surface area contributed by atoms with Gasteiger partial charge in [0.2, 0.25) is 0 Å². The molecule has 1 aliphatic carbocycles. The summed E-state index contributed by atoms with van der Waals surface area (Å²) in [6.07, 6.45) is -1.19. The predicted molar refractivity (Wildman–Crippen MR) is 69.7 cm³/mol. The highest BCUT2D eigenvalue weighted by Crippen LogP contribution is 2.43. The van der Waals surface area contributed by atoms with E-state index in [1.807, 2.05) is 6.42 Å². The van der Waals surface area contributed by atoms with Crippen LogP contribution in [0, 0.1) is 12.3 Å². The SMILES string of the molecule is CC(C)(C1C[CH]C1)S(=O)(=O)c1cccc(C(F)(F)F)c1. The van der Waals surface area contributed by atoms with Gasteiger partial charge in [-0.05, 0) is 57.2 Å². The summed E-state index contributed by atoms with van der Waals surface area (Å²) in [5.74, 6) is -0.0398. The fourth-order valence-corrected chi connectivity index (χ4v) is 4.04. The summed E-state index contributed by atoms with van der Waals surface area (Å²) >= 11 is 0. The topological polar surface area (TPSA) is 34.1 Å². The van der Waals surface area contributed by atoms with Crippen LogP contribution in [-0.2, 0) is 16.0 Å². The van der Waals surface area contributed by atoms with Crippen molar-refractivity contribution in [1.82, 2.24) is 0 Å². The summed E-state index contributed by atoms with van der Waals surface area (Å²) in [6, 6.07) is 3.97. The molecule has 0 saturated heterocycles. The Morgan fingerprint density at radius 1 is 1.15 bits per heavy atom. The van der Waals surface area contributed by atoms with Crippen LogP contribution in [0.3, 0.4) is 0 Å². The molecule has 2 nitrogen and oxygen atoms in total. The van der Waals surface area contributed by atoms with Crippen molar-refractivity contribution in [2.75, 3.05) is 0 Å². The second-order valence-electron chi connectivity index (χ2n) is 5.59. The van der Waals surface area contributed by atoms with E-state index < -0.39 is 26.3 Å². The first-order valence-corrected chi connectivity index (χ1v) is 7.78. The number of hydrogen-bond acceptors (Lipinski definition) is 2. The van der Waals surface area contributed by atoms with Crippen LogP contribution in [0.25, 0.3) is 0 Å². The van der Waals surface area contributed by atoms with Crippen molar-refractivity contribution < 1.29 is 21.6 Å². The zero-order valence-electron chi connectivity index (χ0n) is 11.2. The van der Waals surface area contributed by atoms with Gasteiger partial charge in [0.25, 0.3) is 0 Å². The highest BCUT2D eigenvalue weighted by molar-refractivity contribution is 7.92. The Labute approximate surface area is 116 Å². The lowest BCUT2D eigenvalue weighted by Gasteiger charge is -2.39. The number of rotatable bonds is 3. The van der Waals surface area contributed by atoms with Crippen molar-refractivity contribution >= 4 is 9.84 Å². The number of sulfone groups is 1. The number of alkyl halides is 3. The fourth-order valence-electron chi connectivity index (χ4n) is 2.26. The molecule has 1 aliphatic rings. The Morgan fingerprint density at radius 2 is 1.75 bits per heavy atom.